The molecule has 16 heteroatoms. The van der Waals surface area contributed by atoms with Crippen molar-refractivity contribution in [2.24, 2.45) is 0 Å². The molecule has 0 saturated carbocycles. The first-order chi connectivity index (χ1) is 23.2. The van der Waals surface area contributed by atoms with Crippen LogP contribution < -0.4 is 39.0 Å². The first kappa shape index (κ1) is 45.1. The summed E-state index contributed by atoms with van der Waals surface area (Å²) in [6, 6.07) is 15.3. The maximum absolute atomic E-state index is 12.4. The zero-order valence-electron chi connectivity index (χ0n) is 28.5. The van der Waals surface area contributed by atoms with Crippen LogP contribution in [0.1, 0.15) is 66.4 Å². The molecule has 0 bridgehead atoms. The van der Waals surface area contributed by atoms with Gasteiger partial charge in [0.25, 0.3) is 11.8 Å². The number of anilines is 2. The molecule has 51 heavy (non-hydrogen) atoms. The van der Waals surface area contributed by atoms with Gasteiger partial charge in [-0.3, -0.25) is 9.59 Å². The molecule has 0 radical (unpaired) electrons. The molecular weight excluding hydrogens is 741 g/mol. The fourth-order valence-corrected chi connectivity index (χ4v) is 5.61. The van der Waals surface area contributed by atoms with Crippen molar-refractivity contribution in [3.8, 4) is 11.5 Å². The number of aromatic carboxylic acids is 1. The van der Waals surface area contributed by atoms with Crippen LogP contribution in [0, 0.1) is 13.8 Å². The van der Waals surface area contributed by atoms with E-state index in [9.17, 15) is 19.2 Å². The number of carboxylic acids is 1. The van der Waals surface area contributed by atoms with Crippen molar-refractivity contribution in [1.29, 1.82) is 0 Å². The second-order valence-corrected chi connectivity index (χ2v) is 11.8. The fourth-order valence-electron chi connectivity index (χ4n) is 4.41. The Bertz CT molecular complexity index is 1860. The topological polar surface area (TPSA) is 170 Å². The zero-order chi connectivity index (χ0) is 36.4. The predicted molar refractivity (Wildman–Crippen MR) is 194 cm³/mol. The summed E-state index contributed by atoms with van der Waals surface area (Å²) in [5, 5.41) is 15.4. The number of esters is 1. The number of methoxy groups -OCH3 is 1. The molecule has 0 aliphatic rings. The maximum Gasteiger partial charge on any atom is 1.00 e. The maximum atomic E-state index is 12.4. The monoisotopic (exact) mass is 772 g/mol. The first-order valence-electron chi connectivity index (χ1n) is 14.6. The molecule has 266 valence electrons. The molecule has 11 nitrogen and oxygen atoms in total. The normalized spacial score (nSPS) is 9.90. The van der Waals surface area contributed by atoms with Gasteiger partial charge in [0.2, 0.25) is 0 Å². The van der Waals surface area contributed by atoms with Gasteiger partial charge >= 0.3 is 30.8 Å². The number of carboxylic acid groups (broad SMARTS) is 1. The van der Waals surface area contributed by atoms with Crippen molar-refractivity contribution < 1.29 is 62.8 Å². The van der Waals surface area contributed by atoms with Crippen LogP contribution in [0.3, 0.4) is 0 Å². The van der Waals surface area contributed by atoms with Crippen molar-refractivity contribution in [1.82, 2.24) is 0 Å². The van der Waals surface area contributed by atoms with Gasteiger partial charge in [0.05, 0.1) is 51.5 Å². The summed E-state index contributed by atoms with van der Waals surface area (Å²) in [5.41, 5.74) is 3.43. The van der Waals surface area contributed by atoms with E-state index in [1.54, 1.807) is 45.0 Å². The van der Waals surface area contributed by atoms with Gasteiger partial charge in [-0.1, -0.05) is 46.4 Å². The molecule has 2 amide bonds. The Balaban J connectivity index is 0.000000491. The molecule has 4 aromatic carbocycles. The van der Waals surface area contributed by atoms with Gasteiger partial charge in [0, 0.05) is 22.5 Å². The quantitative estimate of drug-likeness (QED) is 0.125. The van der Waals surface area contributed by atoms with Crippen LogP contribution in [0.2, 0.25) is 20.1 Å². The molecule has 0 aromatic heterocycles. The minimum Gasteiger partial charge on any atom is -0.870 e. The van der Waals surface area contributed by atoms with Gasteiger partial charge in [-0.15, -0.1) is 0 Å². The van der Waals surface area contributed by atoms with Crippen LogP contribution in [-0.2, 0) is 4.74 Å². The minimum absolute atomic E-state index is 0. The van der Waals surface area contributed by atoms with Crippen LogP contribution in [0.5, 0.6) is 11.5 Å². The van der Waals surface area contributed by atoms with E-state index in [1.165, 1.54) is 43.5 Å². The van der Waals surface area contributed by atoms with E-state index in [0.717, 1.165) is 0 Å². The number of amides is 2. The predicted octanol–water partition coefficient (Wildman–Crippen LogP) is 6.22. The third-order valence-corrected chi connectivity index (χ3v) is 7.83. The van der Waals surface area contributed by atoms with Crippen LogP contribution >= 0.6 is 46.4 Å². The van der Waals surface area contributed by atoms with Crippen molar-refractivity contribution in [2.45, 2.75) is 27.7 Å². The summed E-state index contributed by atoms with van der Waals surface area (Å²) >= 11 is 24.4. The Morgan fingerprint density at radius 1 is 0.647 bits per heavy atom. The summed E-state index contributed by atoms with van der Waals surface area (Å²) in [7, 11) is 1.32. The van der Waals surface area contributed by atoms with Gasteiger partial charge in [-0.25, -0.2) is 9.59 Å². The van der Waals surface area contributed by atoms with Gasteiger partial charge < -0.3 is 35.4 Å². The second kappa shape index (κ2) is 20.8. The number of hydrogen-bond donors (Lipinski definition) is 3. The molecule has 4 rings (SSSR count). The minimum atomic E-state index is -1.02. The number of halogens is 4. The number of hydrogen-bond acceptors (Lipinski definition) is 8. The largest absolute Gasteiger partial charge is 1.00 e. The molecule has 0 atom stereocenters. The Labute approximate surface area is 326 Å². The van der Waals surface area contributed by atoms with Crippen LogP contribution in [0.4, 0.5) is 11.4 Å². The van der Waals surface area contributed by atoms with Gasteiger partial charge in [-0.05, 0) is 99.5 Å². The van der Waals surface area contributed by atoms with Gasteiger partial charge in [0.1, 0.15) is 0 Å². The number of rotatable bonds is 10. The molecule has 4 aromatic rings. The summed E-state index contributed by atoms with van der Waals surface area (Å²) in [6.07, 6.45) is 0. The van der Waals surface area contributed by atoms with E-state index >= 15 is 0 Å². The van der Waals surface area contributed by atoms with Crippen LogP contribution in [0.25, 0.3) is 0 Å². The molecule has 0 aliphatic carbocycles. The third-order valence-electron chi connectivity index (χ3n) is 6.70. The Kier molecular flexibility index (Phi) is 18.4. The summed E-state index contributed by atoms with van der Waals surface area (Å²) in [4.78, 5) is 47.4. The first-order valence-corrected chi connectivity index (χ1v) is 16.1. The van der Waals surface area contributed by atoms with E-state index in [0.29, 0.717) is 58.3 Å². The molecule has 0 spiro atoms. The number of carbonyl (C=O) groups is 4. The second-order valence-electron chi connectivity index (χ2n) is 10.2. The standard InChI is InChI=1S/C18H17Cl2NO4.C17H15Cl2NO4.Li.H2O/c1-4-25-16-14(19)8-11(9-15(16)20)17(22)21-12-5-6-13(10(2)7-12)18(23)24-3;1-3-24-15-13(18)7-10(8-14(15)19)16(21)20-11-4-5-12(17(22)23)9(2)6-11;;/h5-9H,4H2,1-3H3,(H,21,22);4-8H,3H2,1-2H3,(H,20,21)(H,22,23);;1H2/q;;+1;/p-1. The Morgan fingerprint density at radius 2 is 1.00 bits per heavy atom. The molecule has 0 fully saturated rings. The molecule has 0 aliphatic heterocycles. The number of aryl methyl sites for hydroxylation is 2. The van der Waals surface area contributed by atoms with Crippen molar-refractivity contribution in [3.63, 3.8) is 0 Å². The molecule has 0 heterocycles. The Morgan fingerprint density at radius 3 is 1.29 bits per heavy atom. The number of benzene rings is 4. The third kappa shape index (κ3) is 12.1. The average Bonchev–Trinajstić information content (AvgIpc) is 3.04. The fraction of sp³-hybridized carbons (Fsp3) is 0.200. The van der Waals surface area contributed by atoms with E-state index in [1.807, 2.05) is 6.92 Å². The van der Waals surface area contributed by atoms with Crippen molar-refractivity contribution >= 4 is 81.5 Å². The van der Waals surface area contributed by atoms with Crippen molar-refractivity contribution in [2.75, 3.05) is 31.0 Å². The SMILES string of the molecule is CCOc1c(Cl)cc(C(=O)Nc2ccc(C(=O)O)c(C)c2)cc1Cl.CCOc1c(Cl)cc(C(=O)Nc2ccc(C(=O)OC)c(C)c2)cc1Cl.[Li+].[OH-]. The van der Waals surface area contributed by atoms with E-state index in [2.05, 4.69) is 10.6 Å². The molecule has 4 N–H and O–H groups in total. The summed E-state index contributed by atoms with van der Waals surface area (Å²) < 4.78 is 15.4. The Hall–Kier alpha value is -3.92. The van der Waals surface area contributed by atoms with Crippen molar-refractivity contribution in [3.05, 3.63) is 114 Å². The number of nitrogens with one attached hydrogen (secondary N) is 2. The average molecular weight is 774 g/mol. The zero-order valence-corrected chi connectivity index (χ0v) is 31.5. The molecule has 0 saturated heterocycles. The van der Waals surface area contributed by atoms with Crippen LogP contribution in [-0.4, -0.2) is 54.7 Å². The van der Waals surface area contributed by atoms with Crippen LogP contribution in [0.15, 0.2) is 60.7 Å². The number of carbonyl (C=O) groups excluding carboxylic acids is 3. The molecular formula is C35H33Cl4LiN2O9. The summed E-state index contributed by atoms with van der Waals surface area (Å²) in [5.74, 6) is -1.56. The van der Waals surface area contributed by atoms with Gasteiger partial charge in [0.15, 0.2) is 11.5 Å². The van der Waals surface area contributed by atoms with E-state index in [-0.39, 0.29) is 61.5 Å². The summed E-state index contributed by atoms with van der Waals surface area (Å²) in [6.45, 7) is 7.84. The smallest absolute Gasteiger partial charge is 0.870 e. The number of ether oxygens (including phenoxy) is 3. The van der Waals surface area contributed by atoms with Gasteiger partial charge in [-0.2, -0.15) is 0 Å². The molecule has 0 unspecified atom stereocenters. The van der Waals surface area contributed by atoms with E-state index in [4.69, 9.17) is 65.7 Å². The van der Waals surface area contributed by atoms with E-state index < -0.39 is 17.8 Å².